The van der Waals surface area contributed by atoms with Crippen LogP contribution in [0.3, 0.4) is 0 Å². The molecule has 1 saturated heterocycles. The van der Waals surface area contributed by atoms with Gasteiger partial charge in [-0.2, -0.15) is 4.31 Å². The summed E-state index contributed by atoms with van der Waals surface area (Å²) in [5.41, 5.74) is 1.60. The first kappa shape index (κ1) is 20.0. The van der Waals surface area contributed by atoms with E-state index in [1.165, 1.54) is 21.7 Å². The molecule has 1 fully saturated rings. The minimum atomic E-state index is -3.61. The molecule has 0 spiro atoms. The molecule has 1 aromatic heterocycles. The van der Waals surface area contributed by atoms with Crippen molar-refractivity contribution in [3.8, 4) is 0 Å². The van der Waals surface area contributed by atoms with Gasteiger partial charge in [-0.3, -0.25) is 4.79 Å². The number of sulfonamides is 1. The molecule has 1 aliphatic rings. The van der Waals surface area contributed by atoms with E-state index in [1.807, 2.05) is 19.1 Å². The van der Waals surface area contributed by atoms with Crippen molar-refractivity contribution in [3.63, 3.8) is 0 Å². The fourth-order valence-corrected chi connectivity index (χ4v) is 6.32. The smallest absolute Gasteiger partial charge is 0.264 e. The van der Waals surface area contributed by atoms with E-state index >= 15 is 0 Å². The molecule has 0 bridgehead atoms. The van der Waals surface area contributed by atoms with Gasteiger partial charge in [0, 0.05) is 36.3 Å². The highest BCUT2D eigenvalue weighted by Gasteiger charge is 2.31. The molecule has 0 unspecified atom stereocenters. The molecule has 2 aromatic carbocycles. The second-order valence-corrected chi connectivity index (χ2v) is 10.2. The lowest BCUT2D eigenvalue weighted by Crippen LogP contribution is -2.50. The topological polar surface area (TPSA) is 57.7 Å². The van der Waals surface area contributed by atoms with E-state index in [1.54, 1.807) is 36.1 Å². The largest absolute Gasteiger partial charge is 0.335 e. The first-order chi connectivity index (χ1) is 13.8. The van der Waals surface area contributed by atoms with Crippen LogP contribution in [0.1, 0.15) is 20.8 Å². The molecule has 0 N–H and O–H groups in total. The number of carbonyl (C=O) groups excluding carboxylic acids is 1. The Balaban J connectivity index is 1.50. The normalized spacial score (nSPS) is 15.8. The third-order valence-electron chi connectivity index (χ3n) is 5.21. The van der Waals surface area contributed by atoms with Gasteiger partial charge in [0.15, 0.2) is 0 Å². The van der Waals surface area contributed by atoms with Crippen LogP contribution in [0, 0.1) is 19.7 Å². The lowest BCUT2D eigenvalue weighted by atomic mass is 10.2. The van der Waals surface area contributed by atoms with Gasteiger partial charge in [-0.25, -0.2) is 12.8 Å². The lowest BCUT2D eigenvalue weighted by molar-refractivity contribution is 0.0703. The highest BCUT2D eigenvalue weighted by molar-refractivity contribution is 7.89. The van der Waals surface area contributed by atoms with Crippen molar-refractivity contribution >= 4 is 37.4 Å². The molecule has 8 heteroatoms. The molecule has 5 nitrogen and oxygen atoms in total. The summed E-state index contributed by atoms with van der Waals surface area (Å²) in [5.74, 6) is -0.531. The molecule has 3 aromatic rings. The highest BCUT2D eigenvalue weighted by atomic mass is 32.2. The maximum atomic E-state index is 13.9. The zero-order chi connectivity index (χ0) is 20.8. The predicted molar refractivity (Wildman–Crippen MR) is 112 cm³/mol. The zero-order valence-electron chi connectivity index (χ0n) is 16.2. The summed E-state index contributed by atoms with van der Waals surface area (Å²) in [6, 6.07) is 11.8. The molecule has 2 heterocycles. The standard InChI is InChI=1S/C21H21FN2O3S2/c1-14-6-7-15(2)20(12-14)29(26,27)24-10-8-23(9-11-24)21(25)19-13-16-17(22)4-3-5-18(16)28-19/h3-7,12-13H,8-11H2,1-2H3. The number of halogens is 1. The summed E-state index contributed by atoms with van der Waals surface area (Å²) in [7, 11) is -3.61. The number of thiophene rings is 1. The summed E-state index contributed by atoms with van der Waals surface area (Å²) in [6.45, 7) is 4.73. The summed E-state index contributed by atoms with van der Waals surface area (Å²) < 4.78 is 42.2. The van der Waals surface area contributed by atoms with E-state index < -0.39 is 10.0 Å². The van der Waals surface area contributed by atoms with Crippen LogP contribution in [0.25, 0.3) is 10.1 Å². The third-order valence-corrected chi connectivity index (χ3v) is 8.34. The first-order valence-corrected chi connectivity index (χ1v) is 11.6. The summed E-state index contributed by atoms with van der Waals surface area (Å²) in [4.78, 5) is 15.3. The SMILES string of the molecule is Cc1ccc(C)c(S(=O)(=O)N2CCN(C(=O)c3cc4c(F)cccc4s3)CC2)c1. The Morgan fingerprint density at radius 2 is 1.76 bits per heavy atom. The quantitative estimate of drug-likeness (QED) is 0.633. The number of carbonyl (C=O) groups is 1. The van der Waals surface area contributed by atoms with Gasteiger partial charge in [0.25, 0.3) is 5.91 Å². The van der Waals surface area contributed by atoms with Crippen molar-refractivity contribution in [1.29, 1.82) is 0 Å². The number of hydrogen-bond acceptors (Lipinski definition) is 4. The van der Waals surface area contributed by atoms with E-state index in [0.29, 0.717) is 33.8 Å². The maximum absolute atomic E-state index is 13.9. The van der Waals surface area contributed by atoms with Crippen molar-refractivity contribution < 1.29 is 17.6 Å². The van der Waals surface area contributed by atoms with E-state index in [9.17, 15) is 17.6 Å². The monoisotopic (exact) mass is 432 g/mol. The number of aryl methyl sites for hydroxylation is 2. The van der Waals surface area contributed by atoms with Crippen LogP contribution in [0.15, 0.2) is 47.4 Å². The summed E-state index contributed by atoms with van der Waals surface area (Å²) >= 11 is 1.26. The zero-order valence-corrected chi connectivity index (χ0v) is 17.8. The van der Waals surface area contributed by atoms with E-state index in [2.05, 4.69) is 0 Å². The van der Waals surface area contributed by atoms with Crippen molar-refractivity contribution in [2.45, 2.75) is 18.7 Å². The van der Waals surface area contributed by atoms with Gasteiger partial charge in [-0.05, 0) is 49.2 Å². The van der Waals surface area contributed by atoms with E-state index in [0.717, 1.165) is 10.3 Å². The Labute approximate surface area is 173 Å². The van der Waals surface area contributed by atoms with Crippen LogP contribution in [-0.2, 0) is 10.0 Å². The van der Waals surface area contributed by atoms with E-state index in [-0.39, 0.29) is 24.8 Å². The Bertz CT molecular complexity index is 1200. The average molecular weight is 433 g/mol. The molecular formula is C21H21FN2O3S2. The van der Waals surface area contributed by atoms with Crippen LogP contribution in [0.4, 0.5) is 4.39 Å². The minimum absolute atomic E-state index is 0.186. The van der Waals surface area contributed by atoms with Gasteiger partial charge < -0.3 is 4.90 Å². The van der Waals surface area contributed by atoms with Crippen molar-refractivity contribution in [3.05, 3.63) is 64.3 Å². The Kier molecular flexibility index (Phi) is 5.18. The Morgan fingerprint density at radius 1 is 1.03 bits per heavy atom. The number of fused-ring (bicyclic) bond motifs is 1. The fraction of sp³-hybridized carbons (Fsp3) is 0.286. The first-order valence-electron chi connectivity index (χ1n) is 9.32. The molecule has 1 amide bonds. The van der Waals surface area contributed by atoms with Crippen molar-refractivity contribution in [2.75, 3.05) is 26.2 Å². The number of benzene rings is 2. The second-order valence-electron chi connectivity index (χ2n) is 7.23. The van der Waals surface area contributed by atoms with Crippen LogP contribution in [-0.4, -0.2) is 49.7 Å². The van der Waals surface area contributed by atoms with Gasteiger partial charge in [0.05, 0.1) is 9.77 Å². The third kappa shape index (κ3) is 3.68. The molecule has 152 valence electrons. The molecule has 0 aliphatic carbocycles. The van der Waals surface area contributed by atoms with Crippen LogP contribution >= 0.6 is 11.3 Å². The molecule has 29 heavy (non-hydrogen) atoms. The Hall–Kier alpha value is -2.29. The molecule has 4 rings (SSSR count). The van der Waals surface area contributed by atoms with Gasteiger partial charge >= 0.3 is 0 Å². The number of piperazine rings is 1. The Morgan fingerprint density at radius 3 is 2.45 bits per heavy atom. The number of hydrogen-bond donors (Lipinski definition) is 0. The average Bonchev–Trinajstić information content (AvgIpc) is 3.15. The van der Waals surface area contributed by atoms with Crippen LogP contribution in [0.2, 0.25) is 0 Å². The fourth-order valence-electron chi connectivity index (χ4n) is 3.54. The lowest BCUT2D eigenvalue weighted by Gasteiger charge is -2.34. The van der Waals surface area contributed by atoms with Gasteiger partial charge in [0.2, 0.25) is 10.0 Å². The maximum Gasteiger partial charge on any atom is 0.264 e. The van der Waals surface area contributed by atoms with E-state index in [4.69, 9.17) is 0 Å². The molecule has 0 radical (unpaired) electrons. The molecule has 0 saturated carbocycles. The summed E-state index contributed by atoms with van der Waals surface area (Å²) in [5, 5.41) is 0.442. The highest BCUT2D eigenvalue weighted by Crippen LogP contribution is 2.29. The summed E-state index contributed by atoms with van der Waals surface area (Å²) in [6.07, 6.45) is 0. The minimum Gasteiger partial charge on any atom is -0.335 e. The van der Waals surface area contributed by atoms with Crippen molar-refractivity contribution in [2.24, 2.45) is 0 Å². The molecule has 0 atom stereocenters. The number of amides is 1. The second kappa shape index (κ2) is 7.51. The van der Waals surface area contributed by atoms with Gasteiger partial charge in [0.1, 0.15) is 5.82 Å². The predicted octanol–water partition coefficient (Wildman–Crippen LogP) is 3.80. The van der Waals surface area contributed by atoms with Crippen molar-refractivity contribution in [1.82, 2.24) is 9.21 Å². The van der Waals surface area contributed by atoms with Gasteiger partial charge in [-0.15, -0.1) is 11.3 Å². The van der Waals surface area contributed by atoms with Crippen LogP contribution in [0.5, 0.6) is 0 Å². The molecule has 1 aliphatic heterocycles. The number of rotatable bonds is 3. The number of nitrogens with zero attached hydrogens (tertiary/aromatic N) is 2. The van der Waals surface area contributed by atoms with Gasteiger partial charge in [-0.1, -0.05) is 18.2 Å². The molecular weight excluding hydrogens is 411 g/mol. The van der Waals surface area contributed by atoms with Crippen LogP contribution < -0.4 is 0 Å².